The zero-order valence-electron chi connectivity index (χ0n) is 10.5. The first-order valence-electron chi connectivity index (χ1n) is 6.38. The van der Waals surface area contributed by atoms with E-state index in [4.69, 9.17) is 0 Å². The third-order valence-corrected chi connectivity index (χ3v) is 4.89. The molecule has 0 bridgehead atoms. The van der Waals surface area contributed by atoms with Crippen molar-refractivity contribution < 1.29 is 4.79 Å². The van der Waals surface area contributed by atoms with Gasteiger partial charge in [0.2, 0.25) is 5.91 Å². The lowest BCUT2D eigenvalue weighted by atomic mass is 9.94. The summed E-state index contributed by atoms with van der Waals surface area (Å²) in [6.45, 7) is 4.81. The standard InChI is InChI=1S/C13H18N2OS.ClH/c1-2-11-10-4-6-17-12(10)3-5-15(11)13(16)9-7-14-8-9;/h4,6,9,11,14H,2-3,5,7-8H2,1H3;1H. The van der Waals surface area contributed by atoms with Crippen molar-refractivity contribution in [2.45, 2.75) is 25.8 Å². The zero-order chi connectivity index (χ0) is 11.8. The average molecular weight is 287 g/mol. The summed E-state index contributed by atoms with van der Waals surface area (Å²) in [7, 11) is 0. The van der Waals surface area contributed by atoms with Crippen LogP contribution >= 0.6 is 23.7 Å². The molecular weight excluding hydrogens is 268 g/mol. The minimum Gasteiger partial charge on any atom is -0.335 e. The van der Waals surface area contributed by atoms with Gasteiger partial charge in [-0.15, -0.1) is 23.7 Å². The number of fused-ring (bicyclic) bond motifs is 1. The Hall–Kier alpha value is -0.580. The molecule has 0 saturated carbocycles. The highest BCUT2D eigenvalue weighted by molar-refractivity contribution is 7.10. The molecule has 2 aliphatic rings. The van der Waals surface area contributed by atoms with Crippen molar-refractivity contribution in [3.05, 3.63) is 21.9 Å². The Morgan fingerprint density at radius 1 is 1.56 bits per heavy atom. The Bertz CT molecular complexity index is 430. The Balaban J connectivity index is 0.00000120. The maximum atomic E-state index is 12.4. The van der Waals surface area contributed by atoms with Crippen molar-refractivity contribution in [2.24, 2.45) is 5.92 Å². The number of halogens is 1. The molecule has 1 N–H and O–H groups in total. The van der Waals surface area contributed by atoms with Crippen LogP contribution in [0.3, 0.4) is 0 Å². The van der Waals surface area contributed by atoms with E-state index in [-0.39, 0.29) is 18.3 Å². The molecule has 1 aromatic rings. The monoisotopic (exact) mass is 286 g/mol. The van der Waals surface area contributed by atoms with Gasteiger partial charge in [-0.25, -0.2) is 0 Å². The predicted octanol–water partition coefficient (Wildman–Crippen LogP) is 2.23. The Morgan fingerprint density at radius 3 is 2.94 bits per heavy atom. The molecule has 0 aliphatic carbocycles. The summed E-state index contributed by atoms with van der Waals surface area (Å²) in [6, 6.07) is 2.52. The molecule has 1 amide bonds. The molecule has 3 rings (SSSR count). The van der Waals surface area contributed by atoms with Gasteiger partial charge in [-0.2, -0.15) is 0 Å². The second-order valence-corrected chi connectivity index (χ2v) is 5.86. The summed E-state index contributed by atoms with van der Waals surface area (Å²) in [5, 5.41) is 5.34. The smallest absolute Gasteiger partial charge is 0.228 e. The number of nitrogens with one attached hydrogen (secondary N) is 1. The van der Waals surface area contributed by atoms with Crippen LogP contribution in [-0.4, -0.2) is 30.4 Å². The van der Waals surface area contributed by atoms with Gasteiger partial charge in [-0.3, -0.25) is 4.79 Å². The van der Waals surface area contributed by atoms with Gasteiger partial charge in [-0.1, -0.05) is 6.92 Å². The first kappa shape index (κ1) is 13.8. The van der Waals surface area contributed by atoms with Crippen LogP contribution in [0, 0.1) is 5.92 Å². The molecule has 0 radical (unpaired) electrons. The van der Waals surface area contributed by atoms with Crippen LogP contribution in [0.2, 0.25) is 0 Å². The molecule has 0 aromatic carbocycles. The van der Waals surface area contributed by atoms with Gasteiger partial charge in [0.15, 0.2) is 0 Å². The highest BCUT2D eigenvalue weighted by atomic mass is 35.5. The van der Waals surface area contributed by atoms with Crippen LogP contribution in [-0.2, 0) is 11.2 Å². The summed E-state index contributed by atoms with van der Waals surface area (Å²) >= 11 is 1.84. The molecule has 1 atom stereocenters. The van der Waals surface area contributed by atoms with Crippen molar-refractivity contribution in [1.82, 2.24) is 10.2 Å². The normalized spacial score (nSPS) is 22.9. The van der Waals surface area contributed by atoms with Gasteiger partial charge in [0, 0.05) is 24.5 Å². The molecule has 100 valence electrons. The van der Waals surface area contributed by atoms with Crippen LogP contribution in [0.25, 0.3) is 0 Å². The maximum Gasteiger partial charge on any atom is 0.228 e. The Labute approximate surface area is 118 Å². The molecule has 3 nitrogen and oxygen atoms in total. The highest BCUT2D eigenvalue weighted by Gasteiger charge is 2.35. The summed E-state index contributed by atoms with van der Waals surface area (Å²) in [4.78, 5) is 16.0. The first-order chi connectivity index (χ1) is 8.31. The van der Waals surface area contributed by atoms with Gasteiger partial charge in [0.05, 0.1) is 12.0 Å². The fourth-order valence-electron chi connectivity index (χ4n) is 2.80. The Morgan fingerprint density at radius 2 is 2.33 bits per heavy atom. The molecule has 1 aromatic heterocycles. The summed E-state index contributed by atoms with van der Waals surface area (Å²) in [6.07, 6.45) is 2.06. The fraction of sp³-hybridized carbons (Fsp3) is 0.615. The molecule has 3 heterocycles. The number of hydrogen-bond acceptors (Lipinski definition) is 3. The van der Waals surface area contributed by atoms with E-state index in [0.717, 1.165) is 32.5 Å². The minimum absolute atomic E-state index is 0. The van der Waals surface area contributed by atoms with E-state index in [1.807, 2.05) is 11.3 Å². The summed E-state index contributed by atoms with van der Waals surface area (Å²) in [5.41, 5.74) is 1.39. The number of amides is 1. The second-order valence-electron chi connectivity index (χ2n) is 4.86. The SMILES string of the molecule is CCC1c2ccsc2CCN1C(=O)C1CNC1.Cl. The summed E-state index contributed by atoms with van der Waals surface area (Å²) < 4.78 is 0. The predicted molar refractivity (Wildman–Crippen MR) is 76.4 cm³/mol. The maximum absolute atomic E-state index is 12.4. The van der Waals surface area contributed by atoms with Crippen LogP contribution in [0.1, 0.15) is 29.8 Å². The molecule has 5 heteroatoms. The van der Waals surface area contributed by atoms with Gasteiger partial charge in [0.1, 0.15) is 0 Å². The number of thiophene rings is 1. The number of carbonyl (C=O) groups excluding carboxylic acids is 1. The molecular formula is C13H19ClN2OS. The van der Waals surface area contributed by atoms with Gasteiger partial charge in [0.25, 0.3) is 0 Å². The number of carbonyl (C=O) groups is 1. The van der Waals surface area contributed by atoms with E-state index in [0.29, 0.717) is 11.9 Å². The van der Waals surface area contributed by atoms with E-state index in [1.54, 1.807) is 0 Å². The van der Waals surface area contributed by atoms with E-state index in [9.17, 15) is 4.79 Å². The third-order valence-electron chi connectivity index (χ3n) is 3.90. The lowest BCUT2D eigenvalue weighted by Crippen LogP contribution is -2.53. The molecule has 0 spiro atoms. The van der Waals surface area contributed by atoms with Crippen LogP contribution in [0.15, 0.2) is 11.4 Å². The zero-order valence-corrected chi connectivity index (χ0v) is 12.1. The molecule has 2 aliphatic heterocycles. The lowest BCUT2D eigenvalue weighted by Gasteiger charge is -2.39. The summed E-state index contributed by atoms with van der Waals surface area (Å²) in [5.74, 6) is 0.580. The van der Waals surface area contributed by atoms with E-state index < -0.39 is 0 Å². The average Bonchev–Trinajstić information content (AvgIpc) is 2.72. The first-order valence-corrected chi connectivity index (χ1v) is 7.26. The minimum atomic E-state index is 0. The molecule has 1 unspecified atom stereocenters. The van der Waals surface area contributed by atoms with Crippen LogP contribution < -0.4 is 5.32 Å². The van der Waals surface area contributed by atoms with Gasteiger partial charge in [-0.05, 0) is 29.9 Å². The van der Waals surface area contributed by atoms with Crippen LogP contribution in [0.4, 0.5) is 0 Å². The van der Waals surface area contributed by atoms with Crippen LogP contribution in [0.5, 0.6) is 0 Å². The van der Waals surface area contributed by atoms with Crippen molar-refractivity contribution in [2.75, 3.05) is 19.6 Å². The van der Waals surface area contributed by atoms with Crippen molar-refractivity contribution in [3.8, 4) is 0 Å². The molecule has 18 heavy (non-hydrogen) atoms. The fourth-order valence-corrected chi connectivity index (χ4v) is 3.73. The number of rotatable bonds is 2. The number of hydrogen-bond donors (Lipinski definition) is 1. The Kier molecular flexibility index (Phi) is 4.30. The number of nitrogens with zero attached hydrogens (tertiary/aromatic N) is 1. The lowest BCUT2D eigenvalue weighted by molar-refractivity contribution is -0.140. The highest BCUT2D eigenvalue weighted by Crippen LogP contribution is 2.36. The van der Waals surface area contributed by atoms with Crippen molar-refractivity contribution in [1.29, 1.82) is 0 Å². The second kappa shape index (κ2) is 5.59. The van der Waals surface area contributed by atoms with Gasteiger partial charge < -0.3 is 10.2 Å². The van der Waals surface area contributed by atoms with Gasteiger partial charge >= 0.3 is 0 Å². The molecule has 1 fully saturated rings. The van der Waals surface area contributed by atoms with Crippen molar-refractivity contribution in [3.63, 3.8) is 0 Å². The van der Waals surface area contributed by atoms with E-state index in [1.165, 1.54) is 10.4 Å². The van der Waals surface area contributed by atoms with Crippen molar-refractivity contribution >= 4 is 29.7 Å². The quantitative estimate of drug-likeness (QED) is 0.904. The molecule has 1 saturated heterocycles. The van der Waals surface area contributed by atoms with E-state index in [2.05, 4.69) is 28.6 Å². The third kappa shape index (κ3) is 2.17. The van der Waals surface area contributed by atoms with E-state index >= 15 is 0 Å². The largest absolute Gasteiger partial charge is 0.335 e. The topological polar surface area (TPSA) is 32.3 Å².